The lowest BCUT2D eigenvalue weighted by atomic mass is 10.1. The zero-order chi connectivity index (χ0) is 15.3. The molecule has 1 unspecified atom stereocenters. The second kappa shape index (κ2) is 11.3. The highest BCUT2D eigenvalue weighted by atomic mass is 16.5. The number of unbranched alkanes of at least 4 members (excludes halogenated alkanes) is 5. The van der Waals surface area contributed by atoms with Gasteiger partial charge in [-0.2, -0.15) is 0 Å². The highest BCUT2D eigenvalue weighted by Gasteiger charge is 2.11. The van der Waals surface area contributed by atoms with E-state index in [0.717, 1.165) is 18.4 Å². The summed E-state index contributed by atoms with van der Waals surface area (Å²) in [6.07, 6.45) is 7.36. The minimum atomic E-state index is -0.570. The van der Waals surface area contributed by atoms with E-state index >= 15 is 0 Å². The van der Waals surface area contributed by atoms with Gasteiger partial charge in [-0.25, -0.2) is 0 Å². The number of aliphatic hydroxyl groups is 1. The molecule has 1 rings (SSSR count). The second-order valence-corrected chi connectivity index (χ2v) is 5.56. The number of benzene rings is 1. The second-order valence-electron chi connectivity index (χ2n) is 5.56. The summed E-state index contributed by atoms with van der Waals surface area (Å²) in [4.78, 5) is 11.6. The van der Waals surface area contributed by atoms with Gasteiger partial charge in [0.05, 0.1) is 12.5 Å². The quantitative estimate of drug-likeness (QED) is 0.490. The molecule has 0 saturated carbocycles. The molecular formula is C18H28O3. The number of hydrogen-bond donors (Lipinski definition) is 1. The molecule has 118 valence electrons. The smallest absolute Gasteiger partial charge is 0.308 e. The highest BCUT2D eigenvalue weighted by Crippen LogP contribution is 2.11. The van der Waals surface area contributed by atoms with Gasteiger partial charge in [0.2, 0.25) is 0 Å². The molecule has 0 saturated heterocycles. The Morgan fingerprint density at radius 2 is 1.76 bits per heavy atom. The molecule has 3 nitrogen and oxygen atoms in total. The normalized spacial score (nSPS) is 12.1. The molecule has 0 amide bonds. The van der Waals surface area contributed by atoms with Gasteiger partial charge in [0.1, 0.15) is 6.61 Å². The minimum Gasteiger partial charge on any atom is -0.461 e. The Bertz CT molecular complexity index is 375. The monoisotopic (exact) mass is 292 g/mol. The van der Waals surface area contributed by atoms with Crippen LogP contribution in [0.15, 0.2) is 30.3 Å². The molecule has 21 heavy (non-hydrogen) atoms. The van der Waals surface area contributed by atoms with Crippen LogP contribution in [0.25, 0.3) is 0 Å². The van der Waals surface area contributed by atoms with Crippen LogP contribution in [0, 0.1) is 0 Å². The van der Waals surface area contributed by atoms with Crippen molar-refractivity contribution < 1.29 is 14.6 Å². The summed E-state index contributed by atoms with van der Waals surface area (Å²) in [6.45, 7) is 2.48. The summed E-state index contributed by atoms with van der Waals surface area (Å²) >= 11 is 0. The number of carbonyl (C=O) groups is 1. The third-order valence-electron chi connectivity index (χ3n) is 3.54. The van der Waals surface area contributed by atoms with Crippen molar-refractivity contribution >= 4 is 5.97 Å². The molecule has 0 fully saturated rings. The third-order valence-corrected chi connectivity index (χ3v) is 3.54. The lowest BCUT2D eigenvalue weighted by Crippen LogP contribution is -2.15. The molecular weight excluding hydrogens is 264 g/mol. The third kappa shape index (κ3) is 9.24. The lowest BCUT2D eigenvalue weighted by molar-refractivity contribution is -0.147. The average Bonchev–Trinajstić information content (AvgIpc) is 2.50. The zero-order valence-electron chi connectivity index (χ0n) is 13.1. The first kappa shape index (κ1) is 17.7. The molecule has 0 aliphatic carbocycles. The first-order valence-corrected chi connectivity index (χ1v) is 8.10. The molecule has 1 N–H and O–H groups in total. The number of rotatable bonds is 11. The molecule has 0 bridgehead atoms. The maximum absolute atomic E-state index is 11.6. The van der Waals surface area contributed by atoms with E-state index in [-0.39, 0.29) is 19.0 Å². The first-order valence-electron chi connectivity index (χ1n) is 8.10. The van der Waals surface area contributed by atoms with Crippen molar-refractivity contribution in [2.45, 2.75) is 71.0 Å². The van der Waals surface area contributed by atoms with Crippen LogP contribution < -0.4 is 0 Å². The van der Waals surface area contributed by atoms with Gasteiger partial charge in [0.25, 0.3) is 0 Å². The van der Waals surface area contributed by atoms with Gasteiger partial charge < -0.3 is 9.84 Å². The molecule has 1 atom stereocenters. The SMILES string of the molecule is CCCCCCCCC(O)CC(=O)OCc1ccccc1. The fourth-order valence-electron chi connectivity index (χ4n) is 2.25. The summed E-state index contributed by atoms with van der Waals surface area (Å²) in [6, 6.07) is 9.59. The molecule has 0 aromatic heterocycles. The predicted molar refractivity (Wildman–Crippen MR) is 84.9 cm³/mol. The van der Waals surface area contributed by atoms with Gasteiger partial charge >= 0.3 is 5.97 Å². The van der Waals surface area contributed by atoms with E-state index < -0.39 is 6.10 Å². The van der Waals surface area contributed by atoms with E-state index in [1.54, 1.807) is 0 Å². The van der Waals surface area contributed by atoms with E-state index in [0.29, 0.717) is 6.42 Å². The topological polar surface area (TPSA) is 46.5 Å². The van der Waals surface area contributed by atoms with Crippen LogP contribution in [0.4, 0.5) is 0 Å². The molecule has 1 aromatic rings. The maximum atomic E-state index is 11.6. The largest absolute Gasteiger partial charge is 0.461 e. The van der Waals surface area contributed by atoms with Crippen LogP contribution in [-0.2, 0) is 16.1 Å². The average molecular weight is 292 g/mol. The Hall–Kier alpha value is -1.35. The van der Waals surface area contributed by atoms with Crippen molar-refractivity contribution in [1.29, 1.82) is 0 Å². The molecule has 0 radical (unpaired) electrons. The highest BCUT2D eigenvalue weighted by molar-refractivity contribution is 5.69. The molecule has 3 heteroatoms. The molecule has 0 heterocycles. The van der Waals surface area contributed by atoms with Crippen molar-refractivity contribution in [3.63, 3.8) is 0 Å². The Labute approximate surface area is 128 Å². The summed E-state index contributed by atoms with van der Waals surface area (Å²) in [5.41, 5.74) is 0.969. The Morgan fingerprint density at radius 3 is 2.48 bits per heavy atom. The number of ether oxygens (including phenoxy) is 1. The summed E-state index contributed by atoms with van der Waals surface area (Å²) in [5.74, 6) is -0.322. The van der Waals surface area contributed by atoms with E-state index in [9.17, 15) is 9.90 Å². The van der Waals surface area contributed by atoms with Crippen LogP contribution in [0.5, 0.6) is 0 Å². The van der Waals surface area contributed by atoms with Gasteiger partial charge in [0, 0.05) is 0 Å². The van der Waals surface area contributed by atoms with Gasteiger partial charge in [-0.15, -0.1) is 0 Å². The minimum absolute atomic E-state index is 0.0990. The van der Waals surface area contributed by atoms with Gasteiger partial charge in [-0.1, -0.05) is 75.8 Å². The lowest BCUT2D eigenvalue weighted by Gasteiger charge is -2.10. The summed E-state index contributed by atoms with van der Waals surface area (Å²) in [7, 11) is 0. The van der Waals surface area contributed by atoms with E-state index in [1.165, 1.54) is 25.7 Å². The molecule has 1 aromatic carbocycles. The van der Waals surface area contributed by atoms with Crippen molar-refractivity contribution in [1.82, 2.24) is 0 Å². The number of esters is 1. The van der Waals surface area contributed by atoms with Crippen LogP contribution >= 0.6 is 0 Å². The summed E-state index contributed by atoms with van der Waals surface area (Å²) in [5, 5.41) is 9.82. The van der Waals surface area contributed by atoms with Crippen LogP contribution in [0.3, 0.4) is 0 Å². The Kier molecular flexibility index (Phi) is 9.55. The Balaban J connectivity index is 2.05. The van der Waals surface area contributed by atoms with Crippen LogP contribution in [-0.4, -0.2) is 17.2 Å². The van der Waals surface area contributed by atoms with Gasteiger partial charge in [0.15, 0.2) is 0 Å². The zero-order valence-corrected chi connectivity index (χ0v) is 13.1. The first-order chi connectivity index (χ1) is 10.2. The molecule has 0 aliphatic rings. The van der Waals surface area contributed by atoms with Crippen molar-refractivity contribution in [3.8, 4) is 0 Å². The van der Waals surface area contributed by atoms with Crippen molar-refractivity contribution in [3.05, 3.63) is 35.9 Å². The molecule has 0 aliphatic heterocycles. The fourth-order valence-corrected chi connectivity index (χ4v) is 2.25. The number of aliphatic hydroxyl groups excluding tert-OH is 1. The van der Waals surface area contributed by atoms with Crippen molar-refractivity contribution in [2.75, 3.05) is 0 Å². The Morgan fingerprint density at radius 1 is 1.10 bits per heavy atom. The van der Waals surface area contributed by atoms with Gasteiger partial charge in [-0.3, -0.25) is 4.79 Å². The van der Waals surface area contributed by atoms with E-state index in [1.807, 2.05) is 30.3 Å². The van der Waals surface area contributed by atoms with Crippen molar-refractivity contribution in [2.24, 2.45) is 0 Å². The standard InChI is InChI=1S/C18H28O3/c1-2-3-4-5-6-10-13-17(19)14-18(20)21-15-16-11-8-7-9-12-16/h7-9,11-12,17,19H,2-6,10,13-15H2,1H3. The number of carbonyl (C=O) groups excluding carboxylic acids is 1. The maximum Gasteiger partial charge on any atom is 0.308 e. The van der Waals surface area contributed by atoms with E-state index in [2.05, 4.69) is 6.92 Å². The molecule has 0 spiro atoms. The van der Waals surface area contributed by atoms with Crippen LogP contribution in [0.1, 0.15) is 63.9 Å². The van der Waals surface area contributed by atoms with E-state index in [4.69, 9.17) is 4.74 Å². The summed E-state index contributed by atoms with van der Waals surface area (Å²) < 4.78 is 5.16. The predicted octanol–water partition coefficient (Wildman–Crippen LogP) is 4.23. The van der Waals surface area contributed by atoms with Gasteiger partial charge in [-0.05, 0) is 12.0 Å². The van der Waals surface area contributed by atoms with Crippen LogP contribution in [0.2, 0.25) is 0 Å². The fraction of sp³-hybridized carbons (Fsp3) is 0.611. The number of hydrogen-bond acceptors (Lipinski definition) is 3.